The molecule has 3 aromatic rings. The van der Waals surface area contributed by atoms with Crippen molar-refractivity contribution < 1.29 is 13.2 Å². The van der Waals surface area contributed by atoms with Gasteiger partial charge in [-0.15, -0.1) is 0 Å². The number of aryl methyl sites for hydroxylation is 3. The predicted molar refractivity (Wildman–Crippen MR) is 125 cm³/mol. The van der Waals surface area contributed by atoms with E-state index in [1.807, 2.05) is 45.9 Å². The number of para-hydroxylation sites is 1. The summed E-state index contributed by atoms with van der Waals surface area (Å²) in [6, 6.07) is 17.8. The van der Waals surface area contributed by atoms with Crippen molar-refractivity contribution >= 4 is 27.1 Å². The molecule has 0 atom stereocenters. The van der Waals surface area contributed by atoms with E-state index in [9.17, 15) is 13.2 Å². The van der Waals surface area contributed by atoms with E-state index in [4.69, 9.17) is 0 Å². The zero-order valence-electron chi connectivity index (χ0n) is 18.3. The summed E-state index contributed by atoms with van der Waals surface area (Å²) in [6.45, 7) is 7.76. The topological polar surface area (TPSA) is 75.3 Å². The third-order valence-electron chi connectivity index (χ3n) is 5.29. The fourth-order valence-electron chi connectivity index (χ4n) is 3.56. The SMILES string of the molecule is CCc1c(NCC(=O)Nc2c(C)cccc2C)cccc1S(=O)(=O)c1ccc(C)cc1. The molecule has 0 bridgehead atoms. The van der Waals surface area contributed by atoms with Gasteiger partial charge in [0.25, 0.3) is 0 Å². The van der Waals surface area contributed by atoms with Crippen LogP contribution in [0.3, 0.4) is 0 Å². The summed E-state index contributed by atoms with van der Waals surface area (Å²) in [5.41, 5.74) is 5.11. The lowest BCUT2D eigenvalue weighted by Crippen LogP contribution is -2.23. The van der Waals surface area contributed by atoms with Crippen molar-refractivity contribution in [1.29, 1.82) is 0 Å². The van der Waals surface area contributed by atoms with Crippen LogP contribution < -0.4 is 10.6 Å². The molecule has 0 fully saturated rings. The van der Waals surface area contributed by atoms with Crippen molar-refractivity contribution in [2.75, 3.05) is 17.2 Å². The van der Waals surface area contributed by atoms with E-state index in [0.29, 0.717) is 17.7 Å². The minimum Gasteiger partial charge on any atom is -0.376 e. The van der Waals surface area contributed by atoms with Crippen LogP contribution >= 0.6 is 0 Å². The maximum Gasteiger partial charge on any atom is 0.243 e. The molecule has 3 aromatic carbocycles. The van der Waals surface area contributed by atoms with Crippen molar-refractivity contribution in [3.05, 3.63) is 82.9 Å². The Kier molecular flexibility index (Phi) is 6.81. The molecule has 0 radical (unpaired) electrons. The number of nitrogens with one attached hydrogen (secondary N) is 2. The lowest BCUT2D eigenvalue weighted by molar-refractivity contribution is -0.114. The number of anilines is 2. The molecule has 0 heterocycles. The minimum atomic E-state index is -3.66. The van der Waals surface area contributed by atoms with Gasteiger partial charge in [-0.25, -0.2) is 8.42 Å². The molecular weight excluding hydrogens is 408 g/mol. The minimum absolute atomic E-state index is 0.0365. The molecule has 0 saturated heterocycles. The Balaban J connectivity index is 1.83. The van der Waals surface area contributed by atoms with Gasteiger partial charge in [0.1, 0.15) is 0 Å². The average Bonchev–Trinajstić information content (AvgIpc) is 2.75. The molecule has 0 unspecified atom stereocenters. The standard InChI is InChI=1S/C25H28N2O3S/c1-5-21-22(26-16-24(28)27-25-18(3)8-6-9-19(25)4)10-7-11-23(21)31(29,30)20-14-12-17(2)13-15-20/h6-15,26H,5,16H2,1-4H3,(H,27,28). The second kappa shape index (κ2) is 9.35. The first-order valence-electron chi connectivity index (χ1n) is 10.3. The lowest BCUT2D eigenvalue weighted by atomic mass is 10.1. The van der Waals surface area contributed by atoms with Gasteiger partial charge in [-0.05, 0) is 68.1 Å². The van der Waals surface area contributed by atoms with Gasteiger partial charge in [-0.1, -0.05) is 48.9 Å². The molecular formula is C25H28N2O3S. The number of benzene rings is 3. The Bertz CT molecular complexity index is 1180. The highest BCUT2D eigenvalue weighted by atomic mass is 32.2. The van der Waals surface area contributed by atoms with Gasteiger partial charge in [0.15, 0.2) is 0 Å². The molecule has 2 N–H and O–H groups in total. The van der Waals surface area contributed by atoms with Crippen LogP contribution in [0.2, 0.25) is 0 Å². The van der Waals surface area contributed by atoms with E-state index in [-0.39, 0.29) is 22.2 Å². The van der Waals surface area contributed by atoms with Crippen molar-refractivity contribution in [3.8, 4) is 0 Å². The Morgan fingerprint density at radius 3 is 2.10 bits per heavy atom. The Morgan fingerprint density at radius 2 is 1.48 bits per heavy atom. The number of amides is 1. The van der Waals surface area contributed by atoms with Crippen LogP contribution in [0.15, 0.2) is 70.5 Å². The zero-order chi connectivity index (χ0) is 22.6. The molecule has 0 aliphatic rings. The first-order chi connectivity index (χ1) is 14.7. The normalized spacial score (nSPS) is 11.2. The average molecular weight is 437 g/mol. The van der Waals surface area contributed by atoms with Crippen molar-refractivity contribution in [2.24, 2.45) is 0 Å². The highest BCUT2D eigenvalue weighted by Gasteiger charge is 2.22. The third-order valence-corrected chi connectivity index (χ3v) is 7.15. The van der Waals surface area contributed by atoms with Crippen LogP contribution in [0.5, 0.6) is 0 Å². The molecule has 31 heavy (non-hydrogen) atoms. The molecule has 6 heteroatoms. The summed E-state index contributed by atoms with van der Waals surface area (Å²) in [4.78, 5) is 13.1. The van der Waals surface area contributed by atoms with Crippen LogP contribution in [0.25, 0.3) is 0 Å². The second-order valence-electron chi connectivity index (χ2n) is 7.62. The van der Waals surface area contributed by atoms with Gasteiger partial charge >= 0.3 is 0 Å². The number of hydrogen-bond donors (Lipinski definition) is 2. The van der Waals surface area contributed by atoms with Crippen LogP contribution in [0.1, 0.15) is 29.2 Å². The monoisotopic (exact) mass is 436 g/mol. The summed E-state index contributed by atoms with van der Waals surface area (Å²) in [5.74, 6) is -0.189. The molecule has 1 amide bonds. The van der Waals surface area contributed by atoms with Gasteiger partial charge in [-0.2, -0.15) is 0 Å². The van der Waals surface area contributed by atoms with Crippen molar-refractivity contribution in [2.45, 2.75) is 43.9 Å². The highest BCUT2D eigenvalue weighted by molar-refractivity contribution is 7.91. The van der Waals surface area contributed by atoms with E-state index < -0.39 is 9.84 Å². The highest BCUT2D eigenvalue weighted by Crippen LogP contribution is 2.29. The summed E-state index contributed by atoms with van der Waals surface area (Å²) < 4.78 is 26.4. The van der Waals surface area contributed by atoms with Crippen LogP contribution in [-0.2, 0) is 21.1 Å². The maximum atomic E-state index is 13.2. The van der Waals surface area contributed by atoms with Gasteiger partial charge < -0.3 is 10.6 Å². The number of rotatable bonds is 7. The van der Waals surface area contributed by atoms with Crippen molar-refractivity contribution in [3.63, 3.8) is 0 Å². The number of carbonyl (C=O) groups is 1. The Hall–Kier alpha value is -3.12. The Labute approximate surface area is 184 Å². The van der Waals surface area contributed by atoms with E-state index >= 15 is 0 Å². The summed E-state index contributed by atoms with van der Waals surface area (Å²) in [6.07, 6.45) is 0.516. The van der Waals surface area contributed by atoms with Gasteiger partial charge in [0, 0.05) is 11.4 Å². The molecule has 0 spiro atoms. The molecule has 5 nitrogen and oxygen atoms in total. The van der Waals surface area contributed by atoms with E-state index in [0.717, 1.165) is 22.4 Å². The number of carbonyl (C=O) groups excluding carboxylic acids is 1. The lowest BCUT2D eigenvalue weighted by Gasteiger charge is -2.16. The fourth-order valence-corrected chi connectivity index (χ4v) is 5.15. The number of sulfone groups is 1. The molecule has 3 rings (SSSR count). The van der Waals surface area contributed by atoms with E-state index in [1.165, 1.54) is 0 Å². The first kappa shape index (κ1) is 22.6. The van der Waals surface area contributed by atoms with E-state index in [1.54, 1.807) is 42.5 Å². The third kappa shape index (κ3) is 4.97. The van der Waals surface area contributed by atoms with Crippen LogP contribution in [0, 0.1) is 20.8 Å². The van der Waals surface area contributed by atoms with E-state index in [2.05, 4.69) is 10.6 Å². The second-order valence-corrected chi connectivity index (χ2v) is 9.54. The molecule has 162 valence electrons. The fraction of sp³-hybridized carbons (Fsp3) is 0.240. The summed E-state index contributed by atoms with van der Waals surface area (Å²) in [5, 5.41) is 6.06. The van der Waals surface area contributed by atoms with Gasteiger partial charge in [0.2, 0.25) is 15.7 Å². The predicted octanol–water partition coefficient (Wildman–Crippen LogP) is 5.06. The maximum absolute atomic E-state index is 13.2. The number of hydrogen-bond acceptors (Lipinski definition) is 4. The van der Waals surface area contributed by atoms with Gasteiger partial charge in [-0.3, -0.25) is 4.79 Å². The molecule has 0 aliphatic heterocycles. The molecule has 0 saturated carbocycles. The first-order valence-corrected chi connectivity index (χ1v) is 11.8. The van der Waals surface area contributed by atoms with Crippen LogP contribution in [-0.4, -0.2) is 20.9 Å². The Morgan fingerprint density at radius 1 is 0.871 bits per heavy atom. The van der Waals surface area contributed by atoms with Crippen LogP contribution in [0.4, 0.5) is 11.4 Å². The zero-order valence-corrected chi connectivity index (χ0v) is 19.1. The summed E-state index contributed by atoms with van der Waals surface area (Å²) >= 11 is 0. The summed E-state index contributed by atoms with van der Waals surface area (Å²) in [7, 11) is -3.66. The smallest absolute Gasteiger partial charge is 0.243 e. The molecule has 0 aliphatic carbocycles. The largest absolute Gasteiger partial charge is 0.376 e. The molecule has 0 aromatic heterocycles. The van der Waals surface area contributed by atoms with Crippen molar-refractivity contribution in [1.82, 2.24) is 0 Å². The quantitative estimate of drug-likeness (QED) is 0.543. The van der Waals surface area contributed by atoms with Gasteiger partial charge in [0.05, 0.1) is 16.3 Å².